The molecular formula is C13H10F4N2O. The lowest BCUT2D eigenvalue weighted by molar-refractivity contribution is -0.274. The van der Waals surface area contributed by atoms with Gasteiger partial charge in [0, 0.05) is 0 Å². The third-order valence-corrected chi connectivity index (χ3v) is 2.58. The number of hydrogen-bond donors (Lipinski definition) is 2. The van der Waals surface area contributed by atoms with Gasteiger partial charge in [0.1, 0.15) is 11.6 Å². The molecule has 2 aromatic carbocycles. The van der Waals surface area contributed by atoms with Gasteiger partial charge < -0.3 is 16.2 Å². The van der Waals surface area contributed by atoms with Gasteiger partial charge in [-0.1, -0.05) is 12.1 Å². The fourth-order valence-electron chi connectivity index (χ4n) is 1.72. The fraction of sp³-hybridized carbons (Fsp3) is 0.0769. The predicted octanol–water partition coefficient (Wildman–Crippen LogP) is 3.56. The minimum Gasteiger partial charge on any atom is -0.405 e. The molecule has 20 heavy (non-hydrogen) atoms. The zero-order valence-corrected chi connectivity index (χ0v) is 10.0. The normalized spacial score (nSPS) is 11.4. The Balaban J connectivity index is 2.57. The van der Waals surface area contributed by atoms with Gasteiger partial charge in [0.05, 0.1) is 16.9 Å². The minimum absolute atomic E-state index is 0.142. The van der Waals surface area contributed by atoms with Gasteiger partial charge in [0.15, 0.2) is 0 Å². The van der Waals surface area contributed by atoms with Gasteiger partial charge in [0.2, 0.25) is 0 Å². The van der Waals surface area contributed by atoms with Crippen LogP contribution in [0.25, 0.3) is 11.1 Å². The second-order valence-corrected chi connectivity index (χ2v) is 4.00. The number of rotatable bonds is 2. The summed E-state index contributed by atoms with van der Waals surface area (Å²) in [5.74, 6) is -1.49. The van der Waals surface area contributed by atoms with Crippen LogP contribution in [0.3, 0.4) is 0 Å². The van der Waals surface area contributed by atoms with Crippen molar-refractivity contribution in [3.63, 3.8) is 0 Å². The molecule has 0 heterocycles. The molecule has 0 aromatic heterocycles. The molecule has 7 heteroatoms. The summed E-state index contributed by atoms with van der Waals surface area (Å²) in [7, 11) is 0. The van der Waals surface area contributed by atoms with Gasteiger partial charge in [0.25, 0.3) is 0 Å². The van der Waals surface area contributed by atoms with Crippen LogP contribution in [0, 0.1) is 5.82 Å². The molecule has 0 aliphatic heterocycles. The maximum atomic E-state index is 13.8. The highest BCUT2D eigenvalue weighted by atomic mass is 19.4. The number of nitrogens with two attached hydrogens (primary N) is 2. The molecule has 0 aliphatic rings. The van der Waals surface area contributed by atoms with Gasteiger partial charge in [-0.3, -0.25) is 0 Å². The second kappa shape index (κ2) is 4.92. The molecule has 106 valence electrons. The van der Waals surface area contributed by atoms with E-state index in [2.05, 4.69) is 4.74 Å². The molecule has 4 N–H and O–H groups in total. The van der Waals surface area contributed by atoms with E-state index in [0.29, 0.717) is 0 Å². The average molecular weight is 286 g/mol. The highest BCUT2D eigenvalue weighted by Gasteiger charge is 2.32. The summed E-state index contributed by atoms with van der Waals surface area (Å²) < 4.78 is 54.6. The first kappa shape index (κ1) is 14.0. The SMILES string of the molecule is Nc1ccc(-c2c(F)cccc2OC(F)(F)F)cc1N. The maximum absolute atomic E-state index is 13.8. The van der Waals surface area contributed by atoms with Gasteiger partial charge in [-0.05, 0) is 29.8 Å². The molecule has 0 unspecified atom stereocenters. The molecule has 0 radical (unpaired) electrons. The zero-order chi connectivity index (χ0) is 14.9. The predicted molar refractivity (Wildman–Crippen MR) is 67.3 cm³/mol. The van der Waals surface area contributed by atoms with E-state index in [1.54, 1.807) is 0 Å². The van der Waals surface area contributed by atoms with Gasteiger partial charge in [-0.25, -0.2) is 4.39 Å². The molecule has 0 bridgehead atoms. The zero-order valence-electron chi connectivity index (χ0n) is 10.0. The largest absolute Gasteiger partial charge is 0.573 e. The standard InChI is InChI=1S/C13H10F4N2O/c14-8-2-1-3-11(20-13(15,16)17)12(8)7-4-5-9(18)10(19)6-7/h1-6H,18-19H2. The highest BCUT2D eigenvalue weighted by Crippen LogP contribution is 2.37. The molecule has 0 atom stereocenters. The van der Waals surface area contributed by atoms with E-state index in [1.165, 1.54) is 18.2 Å². The highest BCUT2D eigenvalue weighted by molar-refractivity contribution is 5.78. The van der Waals surface area contributed by atoms with Gasteiger partial charge in [-0.2, -0.15) is 0 Å². The Bertz CT molecular complexity index is 641. The summed E-state index contributed by atoms with van der Waals surface area (Å²) in [6.45, 7) is 0. The number of alkyl halides is 3. The smallest absolute Gasteiger partial charge is 0.405 e. The Kier molecular flexibility index (Phi) is 3.44. The van der Waals surface area contributed by atoms with Crippen molar-refractivity contribution in [3.05, 3.63) is 42.2 Å². The van der Waals surface area contributed by atoms with E-state index < -0.39 is 17.9 Å². The van der Waals surface area contributed by atoms with E-state index in [9.17, 15) is 17.6 Å². The van der Waals surface area contributed by atoms with Crippen LogP contribution in [0.2, 0.25) is 0 Å². The van der Waals surface area contributed by atoms with Crippen LogP contribution in [-0.2, 0) is 0 Å². The van der Waals surface area contributed by atoms with Crippen LogP contribution in [0.4, 0.5) is 28.9 Å². The van der Waals surface area contributed by atoms with Gasteiger partial charge in [-0.15, -0.1) is 13.2 Å². The molecule has 0 amide bonds. The first-order valence-electron chi connectivity index (χ1n) is 5.47. The second-order valence-electron chi connectivity index (χ2n) is 4.00. The fourth-order valence-corrected chi connectivity index (χ4v) is 1.72. The molecule has 0 fully saturated rings. The Morgan fingerprint density at radius 3 is 2.25 bits per heavy atom. The third-order valence-electron chi connectivity index (χ3n) is 2.58. The first-order chi connectivity index (χ1) is 9.28. The van der Waals surface area contributed by atoms with Crippen LogP contribution >= 0.6 is 0 Å². The summed E-state index contributed by atoms with van der Waals surface area (Å²) in [4.78, 5) is 0. The Labute approximate surface area is 111 Å². The molecule has 2 rings (SSSR count). The van der Waals surface area contributed by atoms with E-state index >= 15 is 0 Å². The molecule has 0 aliphatic carbocycles. The Morgan fingerprint density at radius 2 is 1.65 bits per heavy atom. The topological polar surface area (TPSA) is 61.3 Å². The summed E-state index contributed by atoms with van der Waals surface area (Å²) >= 11 is 0. The summed E-state index contributed by atoms with van der Waals surface area (Å²) in [5.41, 5.74) is 11.3. The first-order valence-corrected chi connectivity index (χ1v) is 5.47. The summed E-state index contributed by atoms with van der Waals surface area (Å²) in [5, 5.41) is 0. The molecule has 0 saturated heterocycles. The number of benzene rings is 2. The maximum Gasteiger partial charge on any atom is 0.573 e. The number of nitrogen functional groups attached to an aromatic ring is 2. The van der Waals surface area contributed by atoms with E-state index in [-0.39, 0.29) is 22.5 Å². The van der Waals surface area contributed by atoms with E-state index in [4.69, 9.17) is 11.5 Å². The number of ether oxygens (including phenoxy) is 1. The van der Waals surface area contributed by atoms with Crippen LogP contribution < -0.4 is 16.2 Å². The van der Waals surface area contributed by atoms with E-state index in [1.807, 2.05) is 0 Å². The van der Waals surface area contributed by atoms with Crippen molar-refractivity contribution in [2.75, 3.05) is 11.5 Å². The lowest BCUT2D eigenvalue weighted by atomic mass is 10.0. The summed E-state index contributed by atoms with van der Waals surface area (Å²) in [6.07, 6.45) is -4.91. The monoisotopic (exact) mass is 286 g/mol. The molecular weight excluding hydrogens is 276 g/mol. The van der Waals surface area contributed by atoms with Crippen molar-refractivity contribution < 1.29 is 22.3 Å². The van der Waals surface area contributed by atoms with Crippen LogP contribution in [0.5, 0.6) is 5.75 Å². The van der Waals surface area contributed by atoms with Crippen molar-refractivity contribution >= 4 is 11.4 Å². The van der Waals surface area contributed by atoms with Crippen molar-refractivity contribution in [1.29, 1.82) is 0 Å². The number of halogens is 4. The van der Waals surface area contributed by atoms with Crippen LogP contribution in [-0.4, -0.2) is 6.36 Å². The van der Waals surface area contributed by atoms with Crippen LogP contribution in [0.1, 0.15) is 0 Å². The quantitative estimate of drug-likeness (QED) is 0.655. The molecule has 3 nitrogen and oxygen atoms in total. The number of hydrogen-bond acceptors (Lipinski definition) is 3. The molecule has 0 spiro atoms. The van der Waals surface area contributed by atoms with Crippen LogP contribution in [0.15, 0.2) is 36.4 Å². The molecule has 0 saturated carbocycles. The van der Waals surface area contributed by atoms with E-state index in [0.717, 1.165) is 18.2 Å². The minimum atomic E-state index is -4.91. The average Bonchev–Trinajstić information content (AvgIpc) is 2.31. The lowest BCUT2D eigenvalue weighted by Gasteiger charge is -2.14. The van der Waals surface area contributed by atoms with Gasteiger partial charge >= 0.3 is 6.36 Å². The van der Waals surface area contributed by atoms with Crippen molar-refractivity contribution in [1.82, 2.24) is 0 Å². The third kappa shape index (κ3) is 2.93. The summed E-state index contributed by atoms with van der Waals surface area (Å²) in [6, 6.07) is 7.23. The lowest BCUT2D eigenvalue weighted by Crippen LogP contribution is -2.17. The number of anilines is 2. The van der Waals surface area contributed by atoms with Crippen molar-refractivity contribution in [2.45, 2.75) is 6.36 Å². The molecule has 2 aromatic rings. The Hall–Kier alpha value is -2.44. The van der Waals surface area contributed by atoms with Crippen molar-refractivity contribution in [2.24, 2.45) is 0 Å². The Morgan fingerprint density at radius 1 is 0.950 bits per heavy atom. The van der Waals surface area contributed by atoms with Crippen molar-refractivity contribution in [3.8, 4) is 16.9 Å².